The third kappa shape index (κ3) is 1.34. The Morgan fingerprint density at radius 2 is 2.06 bits per heavy atom. The number of hydrogen-bond acceptors (Lipinski definition) is 5. The normalized spacial score (nSPS) is 13.7. The van der Waals surface area contributed by atoms with E-state index in [1.54, 1.807) is 6.07 Å². The minimum absolute atomic E-state index is 0.0310. The van der Waals surface area contributed by atoms with Gasteiger partial charge in [-0.1, -0.05) is 17.3 Å². The van der Waals surface area contributed by atoms with E-state index >= 15 is 0 Å². The summed E-state index contributed by atoms with van der Waals surface area (Å²) in [6, 6.07) is 7.37. The number of cyclic esters (lactones) is 2. The minimum Gasteiger partial charge on any atom is -0.383 e. The predicted molar refractivity (Wildman–Crippen MR) is 55.8 cm³/mol. The molecule has 0 bridgehead atoms. The maximum Gasteiger partial charge on any atom is 0.369 e. The molecule has 3 rings (SSSR count). The summed E-state index contributed by atoms with van der Waals surface area (Å²) < 4.78 is 5.78. The number of carbonyl (C=O) groups excluding carboxylic acids is 2. The van der Waals surface area contributed by atoms with E-state index in [1.807, 2.05) is 25.1 Å². The maximum absolute atomic E-state index is 11.5. The number of benzene rings is 1. The van der Waals surface area contributed by atoms with Crippen molar-refractivity contribution in [2.75, 3.05) is 0 Å². The quantitative estimate of drug-likeness (QED) is 0.536. The molecule has 1 aliphatic rings. The fourth-order valence-corrected chi connectivity index (χ4v) is 1.72. The third-order valence-corrected chi connectivity index (χ3v) is 2.49. The van der Waals surface area contributed by atoms with Gasteiger partial charge in [0.05, 0.1) is 5.69 Å². The Morgan fingerprint density at radius 3 is 2.82 bits per heavy atom. The van der Waals surface area contributed by atoms with Gasteiger partial charge in [0, 0.05) is 0 Å². The molecule has 0 saturated carbocycles. The first-order valence-electron chi connectivity index (χ1n) is 4.96. The molecule has 0 amide bonds. The van der Waals surface area contributed by atoms with Crippen molar-refractivity contribution in [2.24, 2.45) is 0 Å². The number of fused-ring (bicyclic) bond motifs is 1. The van der Waals surface area contributed by atoms with Crippen LogP contribution in [-0.4, -0.2) is 26.9 Å². The molecule has 2 aromatic rings. The molecule has 1 aromatic heterocycles. The van der Waals surface area contributed by atoms with Crippen molar-refractivity contribution >= 4 is 11.9 Å². The van der Waals surface area contributed by atoms with Crippen LogP contribution in [0.2, 0.25) is 0 Å². The van der Waals surface area contributed by atoms with E-state index in [1.165, 1.54) is 4.68 Å². The van der Waals surface area contributed by atoms with Crippen molar-refractivity contribution in [2.45, 2.75) is 6.92 Å². The van der Waals surface area contributed by atoms with Crippen LogP contribution in [0, 0.1) is 6.92 Å². The molecule has 0 atom stereocenters. The van der Waals surface area contributed by atoms with Crippen molar-refractivity contribution in [3.8, 4) is 5.69 Å². The molecule has 0 N–H and O–H groups in total. The monoisotopic (exact) mass is 229 g/mol. The zero-order valence-corrected chi connectivity index (χ0v) is 8.88. The van der Waals surface area contributed by atoms with E-state index in [9.17, 15) is 9.59 Å². The fourth-order valence-electron chi connectivity index (χ4n) is 1.72. The van der Waals surface area contributed by atoms with Gasteiger partial charge in [0.15, 0.2) is 5.69 Å². The van der Waals surface area contributed by atoms with Gasteiger partial charge >= 0.3 is 11.9 Å². The van der Waals surface area contributed by atoms with E-state index in [0.717, 1.165) is 5.56 Å². The molecular formula is C11H7N3O3. The Balaban J connectivity index is 2.21. The molecule has 6 heteroatoms. The highest BCUT2D eigenvalue weighted by Crippen LogP contribution is 2.20. The van der Waals surface area contributed by atoms with Crippen LogP contribution in [-0.2, 0) is 4.74 Å². The Hall–Kier alpha value is -2.50. The predicted octanol–water partition coefficient (Wildman–Crippen LogP) is 0.886. The molecule has 0 aliphatic carbocycles. The van der Waals surface area contributed by atoms with Gasteiger partial charge in [-0.3, -0.25) is 0 Å². The largest absolute Gasteiger partial charge is 0.383 e. The highest BCUT2D eigenvalue weighted by atomic mass is 16.6. The summed E-state index contributed by atoms with van der Waals surface area (Å²) in [5.41, 5.74) is 1.74. The van der Waals surface area contributed by atoms with Gasteiger partial charge in [-0.25, -0.2) is 14.3 Å². The third-order valence-electron chi connectivity index (χ3n) is 2.49. The van der Waals surface area contributed by atoms with E-state index in [0.29, 0.717) is 5.69 Å². The van der Waals surface area contributed by atoms with Crippen molar-refractivity contribution in [1.82, 2.24) is 15.0 Å². The molecule has 1 aromatic carbocycles. The van der Waals surface area contributed by atoms with Crippen LogP contribution in [0.5, 0.6) is 0 Å². The number of nitrogens with zero attached hydrogens (tertiary/aromatic N) is 3. The molecule has 0 saturated heterocycles. The summed E-state index contributed by atoms with van der Waals surface area (Å²) in [4.78, 5) is 22.7. The second kappa shape index (κ2) is 3.24. The summed E-state index contributed by atoms with van der Waals surface area (Å²) in [5.74, 6) is -1.46. The summed E-state index contributed by atoms with van der Waals surface area (Å²) in [5, 5.41) is 7.45. The molecule has 0 fully saturated rings. The second-order valence-corrected chi connectivity index (χ2v) is 3.71. The summed E-state index contributed by atoms with van der Waals surface area (Å²) in [6.07, 6.45) is 0. The molecule has 0 unspecified atom stereocenters. The average Bonchev–Trinajstić information content (AvgIpc) is 2.82. The van der Waals surface area contributed by atoms with Gasteiger partial charge in [0.1, 0.15) is 0 Å². The first-order chi connectivity index (χ1) is 8.16. The highest BCUT2D eigenvalue weighted by Gasteiger charge is 2.37. The topological polar surface area (TPSA) is 74.1 Å². The van der Waals surface area contributed by atoms with Gasteiger partial charge in [0.2, 0.25) is 5.69 Å². The van der Waals surface area contributed by atoms with Gasteiger partial charge < -0.3 is 4.74 Å². The summed E-state index contributed by atoms with van der Waals surface area (Å²) in [6.45, 7) is 1.92. The van der Waals surface area contributed by atoms with Crippen LogP contribution in [0.1, 0.15) is 26.5 Å². The molecule has 0 spiro atoms. The maximum atomic E-state index is 11.5. The zero-order chi connectivity index (χ0) is 12.0. The van der Waals surface area contributed by atoms with E-state index in [-0.39, 0.29) is 11.4 Å². The summed E-state index contributed by atoms with van der Waals surface area (Å²) >= 11 is 0. The number of ether oxygens (including phenoxy) is 1. The second-order valence-electron chi connectivity index (χ2n) is 3.71. The van der Waals surface area contributed by atoms with Crippen LogP contribution in [0.15, 0.2) is 24.3 Å². The number of hydrogen-bond donors (Lipinski definition) is 0. The SMILES string of the molecule is Cc1cccc(-n2nnc3c2C(=O)OC3=O)c1. The smallest absolute Gasteiger partial charge is 0.369 e. The highest BCUT2D eigenvalue weighted by molar-refractivity contribution is 6.12. The van der Waals surface area contributed by atoms with Crippen LogP contribution < -0.4 is 0 Å². The van der Waals surface area contributed by atoms with Crippen molar-refractivity contribution in [3.05, 3.63) is 41.2 Å². The van der Waals surface area contributed by atoms with Crippen LogP contribution in [0.4, 0.5) is 0 Å². The van der Waals surface area contributed by atoms with Crippen molar-refractivity contribution < 1.29 is 14.3 Å². The van der Waals surface area contributed by atoms with Gasteiger partial charge in [-0.05, 0) is 24.6 Å². The average molecular weight is 229 g/mol. The lowest BCUT2D eigenvalue weighted by Crippen LogP contribution is -2.08. The van der Waals surface area contributed by atoms with Crippen LogP contribution in [0.3, 0.4) is 0 Å². The molecular weight excluding hydrogens is 222 g/mol. The Labute approximate surface area is 95.8 Å². The lowest BCUT2D eigenvalue weighted by atomic mass is 10.2. The molecule has 17 heavy (non-hydrogen) atoms. The van der Waals surface area contributed by atoms with Crippen molar-refractivity contribution in [3.63, 3.8) is 0 Å². The molecule has 2 heterocycles. The molecule has 1 aliphatic heterocycles. The van der Waals surface area contributed by atoms with E-state index in [4.69, 9.17) is 0 Å². The lowest BCUT2D eigenvalue weighted by Gasteiger charge is -2.02. The Morgan fingerprint density at radius 1 is 1.24 bits per heavy atom. The van der Waals surface area contributed by atoms with Gasteiger partial charge in [0.25, 0.3) is 0 Å². The lowest BCUT2D eigenvalue weighted by molar-refractivity contribution is 0.0434. The number of rotatable bonds is 1. The number of carbonyl (C=O) groups is 2. The minimum atomic E-state index is -0.746. The number of aryl methyl sites for hydroxylation is 1. The van der Waals surface area contributed by atoms with Crippen molar-refractivity contribution in [1.29, 1.82) is 0 Å². The first kappa shape index (κ1) is 9.71. The van der Waals surface area contributed by atoms with E-state index < -0.39 is 11.9 Å². The molecule has 0 radical (unpaired) electrons. The Kier molecular flexibility index (Phi) is 1.85. The van der Waals surface area contributed by atoms with Crippen LogP contribution in [0.25, 0.3) is 5.69 Å². The summed E-state index contributed by atoms with van der Waals surface area (Å²) in [7, 11) is 0. The number of aromatic nitrogens is 3. The van der Waals surface area contributed by atoms with Gasteiger partial charge in [-0.2, -0.15) is 0 Å². The van der Waals surface area contributed by atoms with Gasteiger partial charge in [-0.15, -0.1) is 5.10 Å². The molecule has 6 nitrogen and oxygen atoms in total. The zero-order valence-electron chi connectivity index (χ0n) is 8.88. The first-order valence-corrected chi connectivity index (χ1v) is 4.96. The van der Waals surface area contributed by atoms with E-state index in [2.05, 4.69) is 15.0 Å². The molecule has 84 valence electrons. The number of esters is 2. The Bertz CT molecular complexity index is 645. The van der Waals surface area contributed by atoms with Crippen LogP contribution >= 0.6 is 0 Å². The standard InChI is InChI=1S/C11H7N3O3/c1-6-3-2-4-7(5-6)14-9-8(12-13-14)10(15)17-11(9)16/h2-5H,1H3. The fraction of sp³-hybridized carbons (Fsp3) is 0.0909.